The zero-order valence-corrected chi connectivity index (χ0v) is 24.9. The normalized spacial score (nSPS) is 18.5. The van der Waals surface area contributed by atoms with E-state index in [1.54, 1.807) is 39.0 Å². The van der Waals surface area contributed by atoms with Gasteiger partial charge in [-0.05, 0) is 69.9 Å². The summed E-state index contributed by atoms with van der Waals surface area (Å²) in [6.45, 7) is 4.81. The Balaban J connectivity index is 1.91. The summed E-state index contributed by atoms with van der Waals surface area (Å²) in [5, 5.41) is 10.9. The van der Waals surface area contributed by atoms with Crippen molar-refractivity contribution in [2.75, 3.05) is 11.9 Å². The van der Waals surface area contributed by atoms with Crippen LogP contribution in [0.3, 0.4) is 0 Å². The van der Waals surface area contributed by atoms with Crippen molar-refractivity contribution >= 4 is 39.1 Å². The molecule has 7 nitrogen and oxygen atoms in total. The fourth-order valence-corrected chi connectivity index (χ4v) is 5.87. The second-order valence-electron chi connectivity index (χ2n) is 11.2. The number of benzene rings is 2. The monoisotopic (exact) mass is 660 g/mol. The molecule has 4 rings (SSSR count). The topological polar surface area (TPSA) is 81.0 Å². The Morgan fingerprint density at radius 2 is 1.74 bits per heavy atom. The van der Waals surface area contributed by atoms with Crippen LogP contribution in [0.1, 0.15) is 68.6 Å². The lowest BCUT2D eigenvalue weighted by molar-refractivity contribution is -0.155. The van der Waals surface area contributed by atoms with Gasteiger partial charge in [-0.15, -0.1) is 0 Å². The minimum atomic E-state index is -4.75. The molecule has 42 heavy (non-hydrogen) atoms. The van der Waals surface area contributed by atoms with Crippen LogP contribution in [0.2, 0.25) is 0 Å². The lowest BCUT2D eigenvalue weighted by Gasteiger charge is -2.42. The fourth-order valence-electron chi connectivity index (χ4n) is 5.45. The van der Waals surface area contributed by atoms with Gasteiger partial charge < -0.3 is 14.6 Å². The molecule has 1 aromatic heterocycles. The van der Waals surface area contributed by atoms with E-state index in [0.717, 1.165) is 21.6 Å². The minimum absolute atomic E-state index is 0.0289. The molecule has 2 aromatic carbocycles. The average Bonchev–Trinajstić information content (AvgIpc) is 3.17. The zero-order chi connectivity index (χ0) is 31.1. The van der Waals surface area contributed by atoms with Crippen LogP contribution in [0, 0.1) is 11.6 Å². The Morgan fingerprint density at radius 3 is 2.29 bits per heavy atom. The van der Waals surface area contributed by atoms with Gasteiger partial charge in [0.15, 0.2) is 0 Å². The van der Waals surface area contributed by atoms with Gasteiger partial charge in [0.25, 0.3) is 0 Å². The Morgan fingerprint density at radius 1 is 1.12 bits per heavy atom. The third-order valence-corrected chi connectivity index (χ3v) is 7.43. The molecule has 0 aliphatic carbocycles. The fraction of sp³-hybridized carbons (Fsp3) is 0.448. The Hall–Kier alpha value is -3.19. The third-order valence-electron chi connectivity index (χ3n) is 6.98. The van der Waals surface area contributed by atoms with E-state index in [-0.39, 0.29) is 34.9 Å². The number of carbonyl (C=O) groups is 2. The van der Waals surface area contributed by atoms with Crippen LogP contribution >= 0.6 is 15.9 Å². The van der Waals surface area contributed by atoms with Crippen molar-refractivity contribution in [3.8, 4) is 0 Å². The van der Waals surface area contributed by atoms with Crippen LogP contribution in [0.5, 0.6) is 0 Å². The number of hydrogen-bond acceptors (Lipinski definition) is 5. The van der Waals surface area contributed by atoms with Crippen LogP contribution in [-0.2, 0) is 15.9 Å². The van der Waals surface area contributed by atoms with Gasteiger partial charge in [0, 0.05) is 22.3 Å². The molecule has 228 valence electrons. The van der Waals surface area contributed by atoms with Crippen molar-refractivity contribution < 1.29 is 46.1 Å². The highest BCUT2D eigenvalue weighted by atomic mass is 79.9. The molecule has 0 saturated carbocycles. The molecule has 13 heteroatoms. The largest absolute Gasteiger partial charge is 0.509 e. The highest BCUT2D eigenvalue weighted by molar-refractivity contribution is 9.09. The second kappa shape index (κ2) is 11.8. The lowest BCUT2D eigenvalue weighted by Crippen LogP contribution is -2.48. The maximum absolute atomic E-state index is 16.0. The zero-order valence-electron chi connectivity index (χ0n) is 23.3. The van der Waals surface area contributed by atoms with Gasteiger partial charge in [-0.25, -0.2) is 22.9 Å². The van der Waals surface area contributed by atoms with Crippen LogP contribution < -0.4 is 0 Å². The number of halogens is 6. The van der Waals surface area contributed by atoms with E-state index in [2.05, 4.69) is 15.9 Å². The van der Waals surface area contributed by atoms with Gasteiger partial charge >= 0.3 is 18.4 Å². The van der Waals surface area contributed by atoms with E-state index in [1.165, 1.54) is 13.0 Å². The first-order chi connectivity index (χ1) is 19.5. The molecular weight excluding hydrogens is 631 g/mol. The van der Waals surface area contributed by atoms with Gasteiger partial charge in [0.2, 0.25) is 0 Å². The lowest BCUT2D eigenvalue weighted by atomic mass is 9.87. The van der Waals surface area contributed by atoms with E-state index >= 15 is 8.78 Å². The maximum atomic E-state index is 16.0. The van der Waals surface area contributed by atoms with Crippen molar-refractivity contribution in [1.82, 2.24) is 9.47 Å². The summed E-state index contributed by atoms with van der Waals surface area (Å²) in [5.41, 5.74) is -1.27. The molecule has 0 radical (unpaired) electrons. The van der Waals surface area contributed by atoms with Gasteiger partial charge in [-0.1, -0.05) is 34.1 Å². The Bertz CT molecular complexity index is 1480. The number of rotatable bonds is 6. The molecule has 0 saturated heterocycles. The number of aromatic nitrogens is 1. The summed E-state index contributed by atoms with van der Waals surface area (Å²) in [6.07, 6.45) is -8.32. The predicted octanol–water partition coefficient (Wildman–Crippen LogP) is 8.12. The van der Waals surface area contributed by atoms with Gasteiger partial charge in [0.05, 0.1) is 23.8 Å². The first-order valence-electron chi connectivity index (χ1n) is 13.1. The number of alkyl halides is 4. The molecule has 3 atom stereocenters. The summed E-state index contributed by atoms with van der Waals surface area (Å²) >= 11 is 3.22. The van der Waals surface area contributed by atoms with E-state index < -0.39 is 66.0 Å². The standard InChI is InChI=1S/C29H30BrF5N2O5/c1-15-11-18-17-7-5-6-8-21(17)37(26(38)39)24(18)25(36(15)14-29(33,34)35)23-19(31)12-16(13-20(23)32)22(9-10-30)41-27(40)42-28(2,3)4/h5-8,12-13,15,22,25H,9-11,14H2,1-4H3,(H,38,39)/t15-,22-,25-/m1/s1. The molecule has 2 heterocycles. The first-order valence-corrected chi connectivity index (χ1v) is 14.3. The molecular formula is C29H30BrF5N2O5. The van der Waals surface area contributed by atoms with Crippen LogP contribution in [0.4, 0.5) is 31.5 Å². The number of carbonyl (C=O) groups excluding carboxylic acids is 1. The summed E-state index contributed by atoms with van der Waals surface area (Å²) in [5.74, 6) is -2.42. The number of hydrogen-bond donors (Lipinski definition) is 1. The molecule has 1 aliphatic heterocycles. The molecule has 0 fully saturated rings. The molecule has 0 amide bonds. The minimum Gasteiger partial charge on any atom is -0.464 e. The van der Waals surface area contributed by atoms with Crippen molar-refractivity contribution in [3.05, 3.63) is 70.4 Å². The Kier molecular flexibility index (Phi) is 8.94. The van der Waals surface area contributed by atoms with Crippen molar-refractivity contribution in [2.45, 2.75) is 70.5 Å². The van der Waals surface area contributed by atoms with E-state index in [1.807, 2.05) is 0 Å². The average molecular weight is 661 g/mol. The van der Waals surface area contributed by atoms with E-state index in [0.29, 0.717) is 10.9 Å². The summed E-state index contributed by atoms with van der Waals surface area (Å²) in [6, 6.07) is 5.56. The smallest absolute Gasteiger partial charge is 0.464 e. The molecule has 0 bridgehead atoms. The highest BCUT2D eigenvalue weighted by Gasteiger charge is 2.45. The third kappa shape index (κ3) is 6.56. The van der Waals surface area contributed by atoms with Crippen molar-refractivity contribution in [1.29, 1.82) is 0 Å². The summed E-state index contributed by atoms with van der Waals surface area (Å²) in [7, 11) is 0. The summed E-state index contributed by atoms with van der Waals surface area (Å²) < 4.78 is 84.8. The van der Waals surface area contributed by atoms with Gasteiger partial charge in [0.1, 0.15) is 23.3 Å². The predicted molar refractivity (Wildman–Crippen MR) is 148 cm³/mol. The first kappa shape index (κ1) is 31.7. The highest BCUT2D eigenvalue weighted by Crippen LogP contribution is 2.45. The second-order valence-corrected chi connectivity index (χ2v) is 12.0. The number of carboxylic acid groups (broad SMARTS) is 1. The summed E-state index contributed by atoms with van der Waals surface area (Å²) in [4.78, 5) is 25.6. The molecule has 0 unspecified atom stereocenters. The maximum Gasteiger partial charge on any atom is 0.509 e. The van der Waals surface area contributed by atoms with Crippen molar-refractivity contribution in [3.63, 3.8) is 0 Å². The van der Waals surface area contributed by atoms with Gasteiger partial charge in [-0.3, -0.25) is 4.90 Å². The quantitative estimate of drug-likeness (QED) is 0.163. The van der Waals surface area contributed by atoms with Crippen LogP contribution in [0.15, 0.2) is 36.4 Å². The Labute approximate surface area is 247 Å². The van der Waals surface area contributed by atoms with Crippen LogP contribution in [-0.4, -0.2) is 56.5 Å². The van der Waals surface area contributed by atoms with Crippen LogP contribution in [0.25, 0.3) is 10.9 Å². The van der Waals surface area contributed by atoms with Gasteiger partial charge in [-0.2, -0.15) is 13.2 Å². The number of nitrogens with zero attached hydrogens (tertiary/aromatic N) is 2. The SMILES string of the molecule is C[C@@H]1Cc2c(n(C(=O)O)c3ccccc23)[C@@H](c2c(F)cc([C@@H](CCBr)OC(=O)OC(C)(C)C)cc2F)N1CC(F)(F)F. The molecule has 3 aromatic rings. The van der Waals surface area contributed by atoms with Crippen molar-refractivity contribution in [2.24, 2.45) is 0 Å². The number of fused-ring (bicyclic) bond motifs is 3. The van der Waals surface area contributed by atoms with E-state index in [9.17, 15) is 27.9 Å². The molecule has 1 N–H and O–H groups in total. The molecule has 0 spiro atoms. The van der Waals surface area contributed by atoms with E-state index in [4.69, 9.17) is 9.47 Å². The number of para-hydroxylation sites is 1. The number of ether oxygens (including phenoxy) is 2. The molecule has 1 aliphatic rings.